The predicted molar refractivity (Wildman–Crippen MR) is 38.1 cm³/mol. The summed E-state index contributed by atoms with van der Waals surface area (Å²) >= 11 is 3.64. The number of halogens is 1. The number of hydrogen-bond donors (Lipinski definition) is 0. The van der Waals surface area contributed by atoms with Crippen molar-refractivity contribution in [2.24, 2.45) is 11.8 Å². The summed E-state index contributed by atoms with van der Waals surface area (Å²) in [6, 6.07) is 0. The van der Waals surface area contributed by atoms with Crippen molar-refractivity contribution >= 4 is 15.9 Å². The molecule has 1 heteroatoms. The van der Waals surface area contributed by atoms with Crippen LogP contribution in [0.15, 0.2) is 12.2 Å². The van der Waals surface area contributed by atoms with Gasteiger partial charge >= 0.3 is 0 Å². The summed E-state index contributed by atoms with van der Waals surface area (Å²) in [7, 11) is 0. The molecule has 0 aromatic heterocycles. The van der Waals surface area contributed by atoms with Gasteiger partial charge < -0.3 is 0 Å². The molecule has 1 fully saturated rings. The molecule has 0 aromatic carbocycles. The van der Waals surface area contributed by atoms with E-state index in [9.17, 15) is 0 Å². The van der Waals surface area contributed by atoms with E-state index in [0.29, 0.717) is 0 Å². The molecule has 0 bridgehead atoms. The Balaban J connectivity index is 2.08. The molecule has 2 unspecified atom stereocenters. The van der Waals surface area contributed by atoms with E-state index in [1.165, 1.54) is 12.8 Å². The van der Waals surface area contributed by atoms with Crippen LogP contribution in [0.5, 0.6) is 0 Å². The Morgan fingerprint density at radius 1 is 1.12 bits per heavy atom. The molecule has 1 saturated carbocycles. The Kier molecular flexibility index (Phi) is 1.01. The summed E-state index contributed by atoms with van der Waals surface area (Å²) in [6.45, 7) is 0. The molecule has 2 atom stereocenters. The van der Waals surface area contributed by atoms with Crippen LogP contribution in [0.1, 0.15) is 12.8 Å². The standard InChI is InChI=1S/C7H9Br/c8-7-5-3-1-2-4-6(5)7/h1-2,5-7H,3-4H2. The first kappa shape index (κ1) is 5.04. The summed E-state index contributed by atoms with van der Waals surface area (Å²) in [5, 5.41) is 0. The van der Waals surface area contributed by atoms with Gasteiger partial charge in [0, 0.05) is 4.83 Å². The molecule has 2 aliphatic carbocycles. The molecule has 0 amide bonds. The van der Waals surface area contributed by atoms with E-state index in [-0.39, 0.29) is 0 Å². The first-order valence-electron chi connectivity index (χ1n) is 3.18. The van der Waals surface area contributed by atoms with E-state index < -0.39 is 0 Å². The van der Waals surface area contributed by atoms with Crippen molar-refractivity contribution in [1.82, 2.24) is 0 Å². The van der Waals surface area contributed by atoms with E-state index >= 15 is 0 Å². The van der Waals surface area contributed by atoms with Gasteiger partial charge in [-0.25, -0.2) is 0 Å². The van der Waals surface area contributed by atoms with E-state index in [1.807, 2.05) is 0 Å². The molecular weight excluding hydrogens is 164 g/mol. The smallest absolute Gasteiger partial charge is 0.0214 e. The van der Waals surface area contributed by atoms with Gasteiger partial charge in [0.2, 0.25) is 0 Å². The highest BCUT2D eigenvalue weighted by molar-refractivity contribution is 9.09. The van der Waals surface area contributed by atoms with Crippen molar-refractivity contribution in [1.29, 1.82) is 0 Å². The van der Waals surface area contributed by atoms with Gasteiger partial charge in [0.05, 0.1) is 0 Å². The van der Waals surface area contributed by atoms with Crippen molar-refractivity contribution in [2.45, 2.75) is 17.7 Å². The normalized spacial score (nSPS) is 50.9. The van der Waals surface area contributed by atoms with Crippen molar-refractivity contribution in [3.05, 3.63) is 12.2 Å². The Morgan fingerprint density at radius 2 is 1.62 bits per heavy atom. The fourth-order valence-electron chi connectivity index (χ4n) is 1.51. The molecule has 0 nitrogen and oxygen atoms in total. The van der Waals surface area contributed by atoms with Crippen molar-refractivity contribution in [3.63, 3.8) is 0 Å². The number of rotatable bonds is 0. The molecule has 8 heavy (non-hydrogen) atoms. The second kappa shape index (κ2) is 1.60. The van der Waals surface area contributed by atoms with E-state index in [1.54, 1.807) is 0 Å². The lowest BCUT2D eigenvalue weighted by Crippen LogP contribution is -1.83. The average molecular weight is 173 g/mol. The minimum absolute atomic E-state index is 0.859. The van der Waals surface area contributed by atoms with Crippen LogP contribution in [0.4, 0.5) is 0 Å². The Bertz CT molecular complexity index is 114. The zero-order valence-corrected chi connectivity index (χ0v) is 6.26. The number of fused-ring (bicyclic) bond motifs is 1. The second-order valence-electron chi connectivity index (χ2n) is 2.71. The zero-order valence-electron chi connectivity index (χ0n) is 4.68. The summed E-state index contributed by atoms with van der Waals surface area (Å²) in [5.74, 6) is 2.00. The van der Waals surface area contributed by atoms with Crippen LogP contribution in [0.3, 0.4) is 0 Å². The van der Waals surface area contributed by atoms with Gasteiger partial charge in [0.15, 0.2) is 0 Å². The van der Waals surface area contributed by atoms with Gasteiger partial charge in [-0.15, -0.1) is 0 Å². The van der Waals surface area contributed by atoms with Gasteiger partial charge in [-0.3, -0.25) is 0 Å². The summed E-state index contributed by atoms with van der Waals surface area (Å²) in [6.07, 6.45) is 7.26. The molecular formula is C7H9Br. The van der Waals surface area contributed by atoms with Crippen molar-refractivity contribution < 1.29 is 0 Å². The SMILES string of the molecule is BrC1C2CC=CCC12. The first-order chi connectivity index (χ1) is 3.89. The number of allylic oxidation sites excluding steroid dienone is 2. The predicted octanol–water partition coefficient (Wildman–Crippen LogP) is 2.35. The monoisotopic (exact) mass is 172 g/mol. The molecule has 2 rings (SSSR count). The van der Waals surface area contributed by atoms with Crippen LogP contribution < -0.4 is 0 Å². The molecule has 44 valence electrons. The van der Waals surface area contributed by atoms with Gasteiger partial charge in [0.1, 0.15) is 0 Å². The molecule has 0 heterocycles. The molecule has 0 aromatic rings. The Labute approximate surface area is 58.1 Å². The largest absolute Gasteiger partial charge is 0.0884 e. The van der Waals surface area contributed by atoms with Crippen LogP contribution in [0.2, 0.25) is 0 Å². The summed E-state index contributed by atoms with van der Waals surface area (Å²) in [4.78, 5) is 0.859. The van der Waals surface area contributed by atoms with Crippen molar-refractivity contribution in [3.8, 4) is 0 Å². The van der Waals surface area contributed by atoms with E-state index in [4.69, 9.17) is 0 Å². The van der Waals surface area contributed by atoms with Crippen molar-refractivity contribution in [2.75, 3.05) is 0 Å². The average Bonchev–Trinajstić information content (AvgIpc) is 2.46. The fraction of sp³-hybridized carbons (Fsp3) is 0.714. The maximum Gasteiger partial charge on any atom is 0.0214 e. The third-order valence-corrected chi connectivity index (χ3v) is 3.57. The molecule has 2 aliphatic rings. The highest BCUT2D eigenvalue weighted by Crippen LogP contribution is 2.52. The maximum absolute atomic E-state index is 3.64. The third-order valence-electron chi connectivity index (χ3n) is 2.21. The molecule has 0 spiro atoms. The van der Waals surface area contributed by atoms with Gasteiger partial charge in [-0.2, -0.15) is 0 Å². The molecule has 0 saturated heterocycles. The molecule has 0 N–H and O–H groups in total. The highest BCUT2D eigenvalue weighted by atomic mass is 79.9. The minimum atomic E-state index is 0.859. The van der Waals surface area contributed by atoms with E-state index in [2.05, 4.69) is 28.1 Å². The van der Waals surface area contributed by atoms with Crippen LogP contribution in [0.25, 0.3) is 0 Å². The van der Waals surface area contributed by atoms with Gasteiger partial charge in [-0.05, 0) is 24.7 Å². The molecule has 0 aliphatic heterocycles. The quantitative estimate of drug-likeness (QED) is 0.389. The zero-order chi connectivity index (χ0) is 5.56. The summed E-state index contributed by atoms with van der Waals surface area (Å²) in [5.41, 5.74) is 0. The maximum atomic E-state index is 3.64. The van der Waals surface area contributed by atoms with Gasteiger partial charge in [-0.1, -0.05) is 28.1 Å². The topological polar surface area (TPSA) is 0 Å². The summed E-state index contributed by atoms with van der Waals surface area (Å²) < 4.78 is 0. The van der Waals surface area contributed by atoms with Crippen LogP contribution in [-0.4, -0.2) is 4.83 Å². The number of alkyl halides is 1. The highest BCUT2D eigenvalue weighted by Gasteiger charge is 2.47. The van der Waals surface area contributed by atoms with Crippen LogP contribution >= 0.6 is 15.9 Å². The Hall–Kier alpha value is 0.220. The van der Waals surface area contributed by atoms with Gasteiger partial charge in [0.25, 0.3) is 0 Å². The van der Waals surface area contributed by atoms with E-state index in [0.717, 1.165) is 16.7 Å². The Morgan fingerprint density at radius 3 is 2.00 bits per heavy atom. The number of hydrogen-bond acceptors (Lipinski definition) is 0. The first-order valence-corrected chi connectivity index (χ1v) is 4.10. The minimum Gasteiger partial charge on any atom is -0.0884 e. The fourth-order valence-corrected chi connectivity index (χ4v) is 2.55. The van der Waals surface area contributed by atoms with Crippen LogP contribution in [0, 0.1) is 11.8 Å². The lowest BCUT2D eigenvalue weighted by atomic mass is 10.1. The lowest BCUT2D eigenvalue weighted by molar-refractivity contribution is 0.689. The van der Waals surface area contributed by atoms with Crippen LogP contribution in [-0.2, 0) is 0 Å². The second-order valence-corrected chi connectivity index (χ2v) is 3.77. The molecule has 0 radical (unpaired) electrons. The third kappa shape index (κ3) is 0.572. The lowest BCUT2D eigenvalue weighted by Gasteiger charge is -1.96.